The smallest absolute Gasteiger partial charge is 0.266 e. The molecule has 0 saturated carbocycles. The van der Waals surface area contributed by atoms with Gasteiger partial charge in [0, 0.05) is 24.4 Å². The standard InChI is InChI=1S/C22H16F4N4O/c1-30-20(31)22(29-21(30)27,12-6-7-28-14(8-12)11-23)13-9-16(19(26)18(25)10-13)15-4-2-3-5-17(15)24/h2-10H,11H2,1H3,(H2,27,29). The molecule has 1 aliphatic heterocycles. The number of likely N-dealkylation sites (N-methyl/N-ethyl adjacent to an activating group) is 1. The number of carbonyl (C=O) groups is 1. The minimum atomic E-state index is -1.92. The fourth-order valence-electron chi connectivity index (χ4n) is 3.63. The van der Waals surface area contributed by atoms with Gasteiger partial charge in [-0.15, -0.1) is 0 Å². The molecule has 4 rings (SSSR count). The molecule has 31 heavy (non-hydrogen) atoms. The molecule has 2 aromatic carbocycles. The number of nitrogens with two attached hydrogens (primary N) is 1. The molecule has 158 valence electrons. The van der Waals surface area contributed by atoms with Gasteiger partial charge in [0.2, 0.25) is 0 Å². The average molecular weight is 428 g/mol. The van der Waals surface area contributed by atoms with Crippen LogP contribution in [0.3, 0.4) is 0 Å². The third-order valence-electron chi connectivity index (χ3n) is 5.22. The fraction of sp³-hybridized carbons (Fsp3) is 0.136. The van der Waals surface area contributed by atoms with E-state index in [2.05, 4.69) is 9.98 Å². The Morgan fingerprint density at radius 1 is 1.00 bits per heavy atom. The number of benzene rings is 2. The van der Waals surface area contributed by atoms with Crippen molar-refractivity contribution in [1.29, 1.82) is 0 Å². The molecule has 1 amide bonds. The molecule has 1 aromatic heterocycles. The summed E-state index contributed by atoms with van der Waals surface area (Å²) in [7, 11) is 1.37. The van der Waals surface area contributed by atoms with Crippen molar-refractivity contribution < 1.29 is 22.4 Å². The van der Waals surface area contributed by atoms with Crippen LogP contribution in [0.2, 0.25) is 0 Å². The van der Waals surface area contributed by atoms with Gasteiger partial charge in [-0.25, -0.2) is 22.6 Å². The van der Waals surface area contributed by atoms with Gasteiger partial charge in [-0.3, -0.25) is 14.7 Å². The second-order valence-electron chi connectivity index (χ2n) is 7.01. The topological polar surface area (TPSA) is 71.6 Å². The number of halogens is 4. The van der Waals surface area contributed by atoms with E-state index in [9.17, 15) is 22.4 Å². The van der Waals surface area contributed by atoms with Crippen molar-refractivity contribution in [2.24, 2.45) is 10.7 Å². The van der Waals surface area contributed by atoms with Crippen LogP contribution in [0.15, 0.2) is 59.7 Å². The molecule has 2 heterocycles. The number of alkyl halides is 1. The molecule has 5 nitrogen and oxygen atoms in total. The fourth-order valence-corrected chi connectivity index (χ4v) is 3.63. The highest BCUT2D eigenvalue weighted by Crippen LogP contribution is 2.42. The highest BCUT2D eigenvalue weighted by molar-refractivity contribution is 6.09. The van der Waals surface area contributed by atoms with Crippen LogP contribution >= 0.6 is 0 Å². The summed E-state index contributed by atoms with van der Waals surface area (Å²) in [5, 5.41) is 0. The Morgan fingerprint density at radius 2 is 1.74 bits per heavy atom. The molecule has 1 aliphatic rings. The number of amides is 1. The third-order valence-corrected chi connectivity index (χ3v) is 5.22. The Bertz CT molecular complexity index is 1230. The Kier molecular flexibility index (Phi) is 4.96. The first-order chi connectivity index (χ1) is 14.8. The van der Waals surface area contributed by atoms with Crippen molar-refractivity contribution in [1.82, 2.24) is 9.88 Å². The molecule has 2 N–H and O–H groups in total. The van der Waals surface area contributed by atoms with Gasteiger partial charge in [0.25, 0.3) is 5.91 Å². The van der Waals surface area contributed by atoms with E-state index in [0.717, 1.165) is 23.1 Å². The highest BCUT2D eigenvalue weighted by Gasteiger charge is 2.50. The number of rotatable bonds is 4. The predicted octanol–water partition coefficient (Wildman–Crippen LogP) is 3.67. The monoisotopic (exact) mass is 428 g/mol. The van der Waals surface area contributed by atoms with Gasteiger partial charge in [0.1, 0.15) is 12.5 Å². The maximum absolute atomic E-state index is 14.7. The van der Waals surface area contributed by atoms with Gasteiger partial charge in [0.05, 0.1) is 5.69 Å². The van der Waals surface area contributed by atoms with Crippen molar-refractivity contribution in [2.45, 2.75) is 12.2 Å². The summed E-state index contributed by atoms with van der Waals surface area (Å²) in [5.74, 6) is -4.18. The van der Waals surface area contributed by atoms with Crippen LogP contribution in [0.5, 0.6) is 0 Å². The van der Waals surface area contributed by atoms with Crippen molar-refractivity contribution in [3.63, 3.8) is 0 Å². The number of hydrogen-bond acceptors (Lipinski definition) is 4. The van der Waals surface area contributed by atoms with Crippen LogP contribution in [-0.2, 0) is 17.0 Å². The minimum absolute atomic E-state index is 0.0184. The van der Waals surface area contributed by atoms with Crippen molar-refractivity contribution in [2.75, 3.05) is 7.05 Å². The largest absolute Gasteiger partial charge is 0.369 e. The summed E-state index contributed by atoms with van der Waals surface area (Å²) < 4.78 is 57.0. The third kappa shape index (κ3) is 3.13. The van der Waals surface area contributed by atoms with Gasteiger partial charge < -0.3 is 5.73 Å². The van der Waals surface area contributed by atoms with Gasteiger partial charge >= 0.3 is 0 Å². The molecule has 3 aromatic rings. The van der Waals surface area contributed by atoms with Gasteiger partial charge in [-0.1, -0.05) is 18.2 Å². The molecule has 0 radical (unpaired) electrons. The Morgan fingerprint density at radius 3 is 2.39 bits per heavy atom. The summed E-state index contributed by atoms with van der Waals surface area (Å²) in [6.45, 7) is -0.911. The maximum Gasteiger partial charge on any atom is 0.266 e. The number of guanidine groups is 1. The summed E-state index contributed by atoms with van der Waals surface area (Å²) >= 11 is 0. The molecule has 0 fully saturated rings. The summed E-state index contributed by atoms with van der Waals surface area (Å²) in [6, 6.07) is 9.96. The SMILES string of the molecule is CN1C(=O)C(c2ccnc(CF)c2)(c2cc(F)c(F)c(-c3ccccc3F)c2)N=C1N. The second-order valence-corrected chi connectivity index (χ2v) is 7.01. The van der Waals surface area contributed by atoms with Crippen molar-refractivity contribution in [3.05, 3.63) is 89.0 Å². The van der Waals surface area contributed by atoms with Crippen LogP contribution in [-0.4, -0.2) is 28.8 Å². The lowest BCUT2D eigenvalue weighted by molar-refractivity contribution is -0.129. The molecular weight excluding hydrogens is 412 g/mol. The van der Waals surface area contributed by atoms with Gasteiger partial charge in [-0.2, -0.15) is 0 Å². The van der Waals surface area contributed by atoms with E-state index in [0.29, 0.717) is 0 Å². The Balaban J connectivity index is 2.04. The van der Waals surface area contributed by atoms with E-state index in [1.807, 2.05) is 0 Å². The van der Waals surface area contributed by atoms with Crippen LogP contribution in [0.4, 0.5) is 17.6 Å². The molecular formula is C22H16F4N4O. The summed E-state index contributed by atoms with van der Waals surface area (Å²) in [5.41, 5.74) is 3.48. The Labute approximate surface area is 174 Å². The lowest BCUT2D eigenvalue weighted by atomic mass is 9.81. The minimum Gasteiger partial charge on any atom is -0.369 e. The number of aromatic nitrogens is 1. The lowest BCUT2D eigenvalue weighted by Gasteiger charge is -2.27. The number of nitrogens with zero attached hydrogens (tertiary/aromatic N) is 3. The maximum atomic E-state index is 14.7. The molecule has 0 aliphatic carbocycles. The van der Waals surface area contributed by atoms with Crippen LogP contribution in [0.25, 0.3) is 11.1 Å². The number of aliphatic imine (C=N–C) groups is 1. The average Bonchev–Trinajstić information content (AvgIpc) is 3.01. The van der Waals surface area contributed by atoms with E-state index >= 15 is 0 Å². The molecule has 1 atom stereocenters. The zero-order valence-corrected chi connectivity index (χ0v) is 16.2. The number of carbonyl (C=O) groups excluding carboxylic acids is 1. The van der Waals surface area contributed by atoms with E-state index in [1.165, 1.54) is 43.6 Å². The Hall–Kier alpha value is -3.75. The quantitative estimate of drug-likeness (QED) is 0.645. The molecule has 0 spiro atoms. The lowest BCUT2D eigenvalue weighted by Crippen LogP contribution is -2.41. The van der Waals surface area contributed by atoms with Crippen LogP contribution in [0.1, 0.15) is 16.8 Å². The zero-order chi connectivity index (χ0) is 22.3. The normalized spacial score (nSPS) is 18.4. The summed E-state index contributed by atoms with van der Waals surface area (Å²) in [6.07, 6.45) is 1.28. The van der Waals surface area contributed by atoms with Gasteiger partial charge in [-0.05, 0) is 41.5 Å². The van der Waals surface area contributed by atoms with Gasteiger partial charge in [0.15, 0.2) is 23.1 Å². The van der Waals surface area contributed by atoms with E-state index < -0.39 is 35.6 Å². The zero-order valence-electron chi connectivity index (χ0n) is 16.2. The number of hydrogen-bond donors (Lipinski definition) is 1. The van der Waals surface area contributed by atoms with Crippen molar-refractivity contribution >= 4 is 11.9 Å². The van der Waals surface area contributed by atoms with Crippen LogP contribution < -0.4 is 5.73 Å². The molecule has 0 saturated heterocycles. The summed E-state index contributed by atoms with van der Waals surface area (Å²) in [4.78, 5) is 22.5. The molecule has 9 heteroatoms. The van der Waals surface area contributed by atoms with Crippen molar-refractivity contribution in [3.8, 4) is 11.1 Å². The van der Waals surface area contributed by atoms with E-state index in [4.69, 9.17) is 5.73 Å². The molecule has 1 unspecified atom stereocenters. The predicted molar refractivity (Wildman–Crippen MR) is 106 cm³/mol. The second kappa shape index (κ2) is 7.50. The first kappa shape index (κ1) is 20.5. The highest BCUT2D eigenvalue weighted by atomic mass is 19.2. The molecule has 0 bridgehead atoms. The first-order valence-electron chi connectivity index (χ1n) is 9.19. The first-order valence-corrected chi connectivity index (χ1v) is 9.19. The van der Waals surface area contributed by atoms with E-state index in [-0.39, 0.29) is 33.9 Å². The van der Waals surface area contributed by atoms with Crippen LogP contribution in [0, 0.1) is 17.5 Å². The number of pyridine rings is 1. The van der Waals surface area contributed by atoms with E-state index in [1.54, 1.807) is 0 Å².